The zero-order valence-electron chi connectivity index (χ0n) is 13.2. The number of carbonyl (C=O) groups is 1. The lowest BCUT2D eigenvalue weighted by atomic mass is 10.1. The van der Waals surface area contributed by atoms with Gasteiger partial charge >= 0.3 is 6.09 Å². The molecule has 0 radical (unpaired) electrons. The van der Waals surface area contributed by atoms with Gasteiger partial charge in [-0.2, -0.15) is 4.79 Å². The predicted octanol–water partition coefficient (Wildman–Crippen LogP) is 4.01. The highest BCUT2D eigenvalue weighted by molar-refractivity contribution is 5.65. The van der Waals surface area contributed by atoms with Crippen molar-refractivity contribution in [3.05, 3.63) is 29.8 Å². The van der Waals surface area contributed by atoms with Crippen LogP contribution in [0.5, 0.6) is 5.75 Å². The van der Waals surface area contributed by atoms with Gasteiger partial charge in [0.05, 0.1) is 11.5 Å². The number of nitrogens with zero attached hydrogens (tertiary/aromatic N) is 3. The number of benzene rings is 1. The minimum absolute atomic E-state index is 0.503. The van der Waals surface area contributed by atoms with Gasteiger partial charge < -0.3 is 9.84 Å². The van der Waals surface area contributed by atoms with Gasteiger partial charge in [-0.15, -0.1) is 0 Å². The van der Waals surface area contributed by atoms with Crippen LogP contribution < -0.4 is 9.65 Å². The lowest BCUT2D eigenvalue weighted by molar-refractivity contribution is 0.124. The van der Waals surface area contributed by atoms with Crippen LogP contribution in [0, 0.1) is 11.4 Å². The Morgan fingerprint density at radius 2 is 2.05 bits per heavy atom. The summed E-state index contributed by atoms with van der Waals surface area (Å²) in [7, 11) is 0. The number of carboxylic acid groups (broad SMARTS) is 1. The van der Waals surface area contributed by atoms with E-state index in [1.807, 2.05) is 12.1 Å². The van der Waals surface area contributed by atoms with Crippen LogP contribution in [0.4, 0.5) is 4.79 Å². The first-order valence-corrected chi connectivity index (χ1v) is 7.31. The predicted molar refractivity (Wildman–Crippen MR) is 81.6 cm³/mol. The minimum atomic E-state index is -1.25. The molecule has 0 aliphatic rings. The molecule has 1 amide bonds. The van der Waals surface area contributed by atoms with Crippen LogP contribution in [-0.2, 0) is 0 Å². The maximum absolute atomic E-state index is 11.1. The second-order valence-corrected chi connectivity index (χ2v) is 5.27. The van der Waals surface area contributed by atoms with Gasteiger partial charge in [-0.3, -0.25) is 0 Å². The molecule has 0 saturated heterocycles. The molecule has 0 aliphatic carbocycles. The summed E-state index contributed by atoms with van der Waals surface area (Å²) in [5.74, 6) is 1.26. The van der Waals surface area contributed by atoms with E-state index in [4.69, 9.17) is 15.4 Å². The third-order valence-corrected chi connectivity index (χ3v) is 3.38. The fraction of sp³-hybridized carbons (Fsp3) is 0.533. The lowest BCUT2D eigenvalue weighted by Crippen LogP contribution is -2.27. The number of rotatable bonds is 8. The largest absolute Gasteiger partial charge is 0.526 e. The van der Waals surface area contributed by atoms with Crippen LogP contribution in [0.2, 0.25) is 0 Å². The Labute approximate surface area is 130 Å². The Kier molecular flexibility index (Phi) is 7.05. The standard InChI is InChI=1S/C15H22N4O3/c1-4-5-11(2)10-22-14-8-6-13(7-9-14)12(3)19(15(20)21)18-17-16/h6-9,11-12,16H,4-5,10H2,1-3H3/p+1. The van der Waals surface area contributed by atoms with Crippen molar-refractivity contribution in [2.75, 3.05) is 6.61 Å². The van der Waals surface area contributed by atoms with Gasteiger partial charge in [-0.1, -0.05) is 32.4 Å². The van der Waals surface area contributed by atoms with Crippen molar-refractivity contribution in [2.45, 2.75) is 39.7 Å². The fourth-order valence-corrected chi connectivity index (χ4v) is 2.13. The van der Waals surface area contributed by atoms with Gasteiger partial charge in [0.15, 0.2) is 6.04 Å². The number of amides is 1. The third-order valence-electron chi connectivity index (χ3n) is 3.38. The van der Waals surface area contributed by atoms with Crippen molar-refractivity contribution in [3.8, 4) is 5.75 Å². The zero-order chi connectivity index (χ0) is 16.5. The van der Waals surface area contributed by atoms with Crippen molar-refractivity contribution in [2.24, 2.45) is 11.1 Å². The van der Waals surface area contributed by atoms with Crippen LogP contribution in [-0.4, -0.2) is 22.8 Å². The quantitative estimate of drug-likeness (QED) is 0.431. The Morgan fingerprint density at radius 1 is 1.41 bits per heavy atom. The molecule has 120 valence electrons. The van der Waals surface area contributed by atoms with Crippen LogP contribution in [0.15, 0.2) is 29.5 Å². The molecule has 2 atom stereocenters. The molecule has 7 heteroatoms. The molecule has 2 unspecified atom stereocenters. The van der Waals surface area contributed by atoms with Gasteiger partial charge in [-0.05, 0) is 47.5 Å². The minimum Gasteiger partial charge on any atom is -0.493 e. The molecular formula is C15H23N4O3+. The van der Waals surface area contributed by atoms with E-state index in [0.29, 0.717) is 12.5 Å². The molecule has 0 bridgehead atoms. The summed E-state index contributed by atoms with van der Waals surface area (Å²) in [6, 6.07) is 6.67. The van der Waals surface area contributed by atoms with E-state index < -0.39 is 12.1 Å². The van der Waals surface area contributed by atoms with Gasteiger partial charge in [0.1, 0.15) is 5.75 Å². The molecule has 0 aliphatic heterocycles. The Hall–Kier alpha value is -2.40. The lowest BCUT2D eigenvalue weighted by Gasteiger charge is -2.14. The first kappa shape index (κ1) is 17.7. The van der Waals surface area contributed by atoms with E-state index >= 15 is 0 Å². The molecule has 1 rings (SSSR count). The highest BCUT2D eigenvalue weighted by atomic mass is 16.5. The number of hydrogen-bond donors (Lipinski definition) is 2. The molecule has 1 aromatic rings. The second-order valence-electron chi connectivity index (χ2n) is 5.27. The first-order chi connectivity index (χ1) is 10.5. The summed E-state index contributed by atoms with van der Waals surface area (Å²) < 4.78 is 5.71. The maximum atomic E-state index is 11.1. The molecule has 22 heavy (non-hydrogen) atoms. The number of hydrogen-bond acceptors (Lipinski definition) is 4. The highest BCUT2D eigenvalue weighted by Crippen LogP contribution is 2.23. The Balaban J connectivity index is 2.71. The molecule has 1 aromatic carbocycles. The van der Waals surface area contributed by atoms with E-state index in [9.17, 15) is 4.79 Å². The normalized spacial score (nSPS) is 12.9. The van der Waals surface area contributed by atoms with Gasteiger partial charge in [-0.25, -0.2) is 0 Å². The van der Waals surface area contributed by atoms with E-state index in [0.717, 1.165) is 29.2 Å². The molecule has 0 heterocycles. The molecule has 0 aromatic heterocycles. The summed E-state index contributed by atoms with van der Waals surface area (Å²) in [4.78, 5) is 13.9. The molecule has 0 spiro atoms. The van der Waals surface area contributed by atoms with Crippen molar-refractivity contribution in [1.82, 2.24) is 9.92 Å². The van der Waals surface area contributed by atoms with Crippen molar-refractivity contribution in [3.63, 3.8) is 0 Å². The summed E-state index contributed by atoms with van der Waals surface area (Å²) >= 11 is 0. The SMILES string of the molecule is CCCC(C)COc1ccc(C(C)N(N=[N+]=N)C(=O)O)cc1. The van der Waals surface area contributed by atoms with Crippen molar-refractivity contribution < 1.29 is 14.6 Å². The molecule has 0 fully saturated rings. The second kappa shape index (κ2) is 8.79. The van der Waals surface area contributed by atoms with Gasteiger partial charge in [0, 0.05) is 0 Å². The zero-order valence-corrected chi connectivity index (χ0v) is 13.2. The number of ether oxygens (including phenoxy) is 1. The van der Waals surface area contributed by atoms with E-state index in [2.05, 4.69) is 24.0 Å². The average Bonchev–Trinajstić information content (AvgIpc) is 2.50. The van der Waals surface area contributed by atoms with Crippen molar-refractivity contribution >= 4 is 6.09 Å². The third kappa shape index (κ3) is 5.18. The molecule has 2 N–H and O–H groups in total. The summed E-state index contributed by atoms with van der Waals surface area (Å²) in [5.41, 5.74) is 7.43. The fourth-order valence-electron chi connectivity index (χ4n) is 2.13. The van der Waals surface area contributed by atoms with Gasteiger partial charge in [0.25, 0.3) is 0 Å². The molecular weight excluding hydrogens is 284 g/mol. The summed E-state index contributed by atoms with van der Waals surface area (Å²) in [5, 5.41) is 13.1. The summed E-state index contributed by atoms with van der Waals surface area (Å²) in [6.45, 7) is 6.64. The monoisotopic (exact) mass is 307 g/mol. The van der Waals surface area contributed by atoms with Crippen LogP contribution in [0.25, 0.3) is 0 Å². The first-order valence-electron chi connectivity index (χ1n) is 7.31. The Bertz CT molecular complexity index is 524. The maximum Gasteiger partial charge on any atom is 0.526 e. The van der Waals surface area contributed by atoms with Crippen LogP contribution in [0.1, 0.15) is 45.2 Å². The average molecular weight is 307 g/mol. The highest BCUT2D eigenvalue weighted by Gasteiger charge is 2.29. The van der Waals surface area contributed by atoms with Crippen LogP contribution >= 0.6 is 0 Å². The number of nitrogens with one attached hydrogen (secondary N) is 1. The van der Waals surface area contributed by atoms with Crippen molar-refractivity contribution in [1.29, 1.82) is 5.53 Å². The molecule has 7 nitrogen and oxygen atoms in total. The van der Waals surface area contributed by atoms with Gasteiger partial charge in [0.2, 0.25) is 5.22 Å². The van der Waals surface area contributed by atoms with E-state index in [1.165, 1.54) is 0 Å². The topological polar surface area (TPSA) is 100 Å². The summed E-state index contributed by atoms with van der Waals surface area (Å²) in [6.07, 6.45) is 1.01. The molecule has 0 saturated carbocycles. The van der Waals surface area contributed by atoms with E-state index in [-0.39, 0.29) is 0 Å². The van der Waals surface area contributed by atoms with Crippen LogP contribution in [0.3, 0.4) is 0 Å². The smallest absolute Gasteiger partial charge is 0.493 e. The Morgan fingerprint density at radius 3 is 2.55 bits per heavy atom. The van der Waals surface area contributed by atoms with E-state index in [1.54, 1.807) is 19.1 Å².